The fourth-order valence-corrected chi connectivity index (χ4v) is 0.675. The molecule has 0 spiro atoms. The van der Waals surface area contributed by atoms with Crippen molar-refractivity contribution in [2.24, 2.45) is 0 Å². The van der Waals surface area contributed by atoms with Crippen LogP contribution in [0.1, 0.15) is 17.3 Å². The molecule has 5 heteroatoms. The summed E-state index contributed by atoms with van der Waals surface area (Å²) in [5.74, 6) is 0. The summed E-state index contributed by atoms with van der Waals surface area (Å²) in [6.45, 7) is 1.93. The van der Waals surface area contributed by atoms with E-state index in [4.69, 9.17) is 5.11 Å². The molecule has 0 radical (unpaired) electrons. The Kier molecular flexibility index (Phi) is 5.89. The van der Waals surface area contributed by atoms with Gasteiger partial charge in [0.2, 0.25) is 0 Å². The highest BCUT2D eigenvalue weighted by Gasteiger charge is 2.02. The summed E-state index contributed by atoms with van der Waals surface area (Å²) in [6, 6.07) is 5.41. The molecule has 0 bridgehead atoms. The number of non-ortho nitro benzene ring substituents is 1. The van der Waals surface area contributed by atoms with E-state index in [0.29, 0.717) is 11.8 Å². The van der Waals surface area contributed by atoms with E-state index in [1.165, 1.54) is 24.3 Å². The van der Waals surface area contributed by atoms with Crippen LogP contribution < -0.4 is 0 Å². The van der Waals surface area contributed by atoms with E-state index in [9.17, 15) is 14.9 Å². The minimum absolute atomic E-state index is 0.00407. The fourth-order valence-electron chi connectivity index (χ4n) is 0.675. The van der Waals surface area contributed by atoms with Crippen LogP contribution in [0.2, 0.25) is 0 Å². The molecule has 0 aliphatic heterocycles. The summed E-state index contributed by atoms with van der Waals surface area (Å²) in [6.07, 6.45) is 0.643. The summed E-state index contributed by atoms with van der Waals surface area (Å²) in [5, 5.41) is 17.7. The topological polar surface area (TPSA) is 80.4 Å². The zero-order valence-corrected chi connectivity index (χ0v) is 7.71. The number of hydrogen-bond acceptors (Lipinski definition) is 4. The monoisotopic (exact) mass is 197 g/mol. The predicted octanol–water partition coefficient (Wildman–Crippen LogP) is 1.41. The zero-order chi connectivity index (χ0) is 11.0. The third-order valence-electron chi connectivity index (χ3n) is 1.24. The second-order valence-electron chi connectivity index (χ2n) is 2.28. The summed E-state index contributed by atoms with van der Waals surface area (Å²) >= 11 is 0. The summed E-state index contributed by atoms with van der Waals surface area (Å²) in [5.41, 5.74) is 0.436. The first-order chi connectivity index (χ1) is 6.65. The number of aliphatic hydroxyl groups is 1. The number of nitro groups is 1. The first kappa shape index (κ1) is 12.2. The number of aliphatic hydroxyl groups excluding tert-OH is 1. The summed E-state index contributed by atoms with van der Waals surface area (Å²) in [4.78, 5) is 19.7. The zero-order valence-electron chi connectivity index (χ0n) is 7.71. The lowest BCUT2D eigenvalue weighted by Crippen LogP contribution is -1.87. The molecule has 0 amide bonds. The maximum atomic E-state index is 10.1. The van der Waals surface area contributed by atoms with Gasteiger partial charge in [0.05, 0.1) is 4.92 Å². The van der Waals surface area contributed by atoms with Gasteiger partial charge in [0.15, 0.2) is 0 Å². The Morgan fingerprint density at radius 2 is 1.86 bits per heavy atom. The quantitative estimate of drug-likeness (QED) is 0.441. The van der Waals surface area contributed by atoms with E-state index in [0.717, 1.165) is 0 Å². The average Bonchev–Trinajstić information content (AvgIpc) is 2.19. The van der Waals surface area contributed by atoms with Gasteiger partial charge in [0, 0.05) is 24.3 Å². The second kappa shape index (κ2) is 6.73. The molecule has 1 aromatic carbocycles. The van der Waals surface area contributed by atoms with Gasteiger partial charge < -0.3 is 5.11 Å². The first-order valence-electron chi connectivity index (χ1n) is 3.96. The van der Waals surface area contributed by atoms with Gasteiger partial charge in [-0.2, -0.15) is 0 Å². The van der Waals surface area contributed by atoms with Gasteiger partial charge in [0.25, 0.3) is 5.69 Å². The van der Waals surface area contributed by atoms with Crippen LogP contribution in [-0.4, -0.2) is 22.9 Å². The maximum Gasteiger partial charge on any atom is 0.269 e. The molecular weight excluding hydrogens is 186 g/mol. The highest BCUT2D eigenvalue weighted by molar-refractivity contribution is 5.75. The highest BCUT2D eigenvalue weighted by atomic mass is 16.6. The van der Waals surface area contributed by atoms with Gasteiger partial charge in [-0.15, -0.1) is 0 Å². The van der Waals surface area contributed by atoms with E-state index in [1.54, 1.807) is 6.92 Å². The Bertz CT molecular complexity index is 294. The van der Waals surface area contributed by atoms with Gasteiger partial charge in [-0.3, -0.25) is 14.9 Å². The van der Waals surface area contributed by atoms with Crippen molar-refractivity contribution >= 4 is 12.0 Å². The first-order valence-corrected chi connectivity index (χ1v) is 3.96. The third-order valence-corrected chi connectivity index (χ3v) is 1.24. The van der Waals surface area contributed by atoms with Crippen LogP contribution in [-0.2, 0) is 0 Å². The lowest BCUT2D eigenvalue weighted by molar-refractivity contribution is -0.384. The Hall–Kier alpha value is -1.75. The number of nitrogens with zero attached hydrogens (tertiary/aromatic N) is 1. The van der Waals surface area contributed by atoms with Crippen molar-refractivity contribution in [3.63, 3.8) is 0 Å². The molecule has 0 saturated carbocycles. The Morgan fingerprint density at radius 1 is 1.43 bits per heavy atom. The van der Waals surface area contributed by atoms with E-state index in [1.807, 2.05) is 0 Å². The molecule has 0 saturated heterocycles. The van der Waals surface area contributed by atoms with Gasteiger partial charge >= 0.3 is 0 Å². The number of nitro benzene ring substituents is 1. The third kappa shape index (κ3) is 4.32. The average molecular weight is 197 g/mol. The van der Waals surface area contributed by atoms with Crippen molar-refractivity contribution in [1.82, 2.24) is 0 Å². The lowest BCUT2D eigenvalue weighted by Gasteiger charge is -1.89. The maximum absolute atomic E-state index is 10.1. The molecule has 0 unspecified atom stereocenters. The Labute approximate surface area is 81.1 Å². The number of benzene rings is 1. The van der Waals surface area contributed by atoms with Crippen LogP contribution in [0.3, 0.4) is 0 Å². The standard InChI is InChI=1S/C7H5NO3.C2H6O/c9-5-6-1-3-7(4-2-6)8(10)11;1-2-3/h1-5H;3H,2H2,1H3. The number of carbonyl (C=O) groups excluding carboxylic acids is 1. The molecule has 0 aliphatic carbocycles. The van der Waals surface area contributed by atoms with Gasteiger partial charge in [-0.25, -0.2) is 0 Å². The molecule has 14 heavy (non-hydrogen) atoms. The van der Waals surface area contributed by atoms with Crippen molar-refractivity contribution in [3.8, 4) is 0 Å². The van der Waals surface area contributed by atoms with Crippen molar-refractivity contribution < 1.29 is 14.8 Å². The Balaban J connectivity index is 0.000000500. The summed E-state index contributed by atoms with van der Waals surface area (Å²) < 4.78 is 0. The van der Waals surface area contributed by atoms with Crippen LogP contribution in [0.5, 0.6) is 0 Å². The molecule has 1 aromatic rings. The van der Waals surface area contributed by atoms with Crippen molar-refractivity contribution in [2.75, 3.05) is 6.61 Å². The second-order valence-corrected chi connectivity index (χ2v) is 2.28. The van der Waals surface area contributed by atoms with Crippen LogP contribution in [0.4, 0.5) is 5.69 Å². The molecule has 0 aliphatic rings. The molecule has 1 N–H and O–H groups in total. The molecule has 0 fully saturated rings. The van der Waals surface area contributed by atoms with Crippen LogP contribution >= 0.6 is 0 Å². The van der Waals surface area contributed by atoms with Gasteiger partial charge in [-0.1, -0.05) is 0 Å². The van der Waals surface area contributed by atoms with Crippen LogP contribution in [0, 0.1) is 10.1 Å². The molecular formula is C9H11NO4. The Morgan fingerprint density at radius 3 is 2.14 bits per heavy atom. The number of rotatable bonds is 2. The van der Waals surface area contributed by atoms with Crippen LogP contribution in [0.25, 0.3) is 0 Å². The normalized spacial score (nSPS) is 8.43. The minimum Gasteiger partial charge on any atom is -0.397 e. The van der Waals surface area contributed by atoms with Crippen molar-refractivity contribution in [2.45, 2.75) is 6.92 Å². The van der Waals surface area contributed by atoms with E-state index >= 15 is 0 Å². The predicted molar refractivity (Wildman–Crippen MR) is 51.2 cm³/mol. The largest absolute Gasteiger partial charge is 0.397 e. The fraction of sp³-hybridized carbons (Fsp3) is 0.222. The van der Waals surface area contributed by atoms with Crippen LogP contribution in [0.15, 0.2) is 24.3 Å². The number of aldehydes is 1. The summed E-state index contributed by atoms with van der Waals surface area (Å²) in [7, 11) is 0. The molecule has 5 nitrogen and oxygen atoms in total. The van der Waals surface area contributed by atoms with Gasteiger partial charge in [-0.05, 0) is 19.1 Å². The van der Waals surface area contributed by atoms with Gasteiger partial charge in [0.1, 0.15) is 6.29 Å². The molecule has 76 valence electrons. The molecule has 0 aromatic heterocycles. The lowest BCUT2D eigenvalue weighted by atomic mass is 10.2. The number of carbonyl (C=O) groups is 1. The van der Waals surface area contributed by atoms with E-state index in [2.05, 4.69) is 0 Å². The molecule has 0 atom stereocenters. The number of hydrogen-bond donors (Lipinski definition) is 1. The molecule has 1 rings (SSSR count). The SMILES string of the molecule is CCO.O=Cc1ccc([N+](=O)[O-])cc1. The smallest absolute Gasteiger partial charge is 0.269 e. The highest BCUT2D eigenvalue weighted by Crippen LogP contribution is 2.09. The van der Waals surface area contributed by atoms with E-state index in [-0.39, 0.29) is 12.3 Å². The minimum atomic E-state index is -0.505. The van der Waals surface area contributed by atoms with E-state index < -0.39 is 4.92 Å². The molecule has 0 heterocycles. The van der Waals surface area contributed by atoms with Crippen molar-refractivity contribution in [1.29, 1.82) is 0 Å². The van der Waals surface area contributed by atoms with Crippen molar-refractivity contribution in [3.05, 3.63) is 39.9 Å².